The predicted molar refractivity (Wildman–Crippen MR) is 81.9 cm³/mol. The van der Waals surface area contributed by atoms with Crippen LogP contribution in [-0.4, -0.2) is 34.2 Å². The number of aliphatic hydroxyl groups is 1. The molecule has 1 aliphatic rings. The number of benzene rings is 2. The van der Waals surface area contributed by atoms with Crippen molar-refractivity contribution in [2.45, 2.75) is 25.9 Å². The summed E-state index contributed by atoms with van der Waals surface area (Å²) in [6.45, 7) is 1.56. The van der Waals surface area contributed by atoms with Gasteiger partial charge in [-0.1, -0.05) is 0 Å². The van der Waals surface area contributed by atoms with Gasteiger partial charge in [-0.2, -0.15) is 0 Å². The molecular formula is C17H16O6. The summed E-state index contributed by atoms with van der Waals surface area (Å²) in [7, 11) is 1.19. The lowest BCUT2D eigenvalue weighted by Gasteiger charge is -2.23. The molecule has 0 fully saturated rings. The van der Waals surface area contributed by atoms with Gasteiger partial charge in [0.05, 0.1) is 18.8 Å². The maximum absolute atomic E-state index is 12.1. The SMILES string of the molecule is COC(=O)c1c(O)cc2cc3c(c(O)c2c1C)C(=O)CC[C@H]3O. The fraction of sp³-hybridized carbons (Fsp3) is 0.294. The van der Waals surface area contributed by atoms with E-state index in [1.807, 2.05) is 0 Å². The maximum Gasteiger partial charge on any atom is 0.341 e. The molecule has 2 aromatic carbocycles. The zero-order valence-electron chi connectivity index (χ0n) is 12.7. The van der Waals surface area contributed by atoms with Gasteiger partial charge < -0.3 is 20.1 Å². The van der Waals surface area contributed by atoms with Crippen molar-refractivity contribution in [3.63, 3.8) is 0 Å². The number of carbonyl (C=O) groups excluding carboxylic acids is 2. The van der Waals surface area contributed by atoms with Crippen molar-refractivity contribution in [3.8, 4) is 11.5 Å². The Morgan fingerprint density at radius 3 is 2.65 bits per heavy atom. The van der Waals surface area contributed by atoms with Crippen molar-refractivity contribution in [3.05, 3.63) is 34.4 Å². The second-order valence-corrected chi connectivity index (χ2v) is 5.65. The molecule has 1 aliphatic carbocycles. The van der Waals surface area contributed by atoms with Crippen molar-refractivity contribution in [1.29, 1.82) is 0 Å². The molecule has 0 bridgehead atoms. The highest BCUT2D eigenvalue weighted by Crippen LogP contribution is 2.43. The van der Waals surface area contributed by atoms with E-state index in [0.29, 0.717) is 28.3 Å². The quantitative estimate of drug-likeness (QED) is 0.698. The third-order valence-corrected chi connectivity index (χ3v) is 4.33. The van der Waals surface area contributed by atoms with Crippen LogP contribution in [0.3, 0.4) is 0 Å². The Hall–Kier alpha value is -2.60. The number of esters is 1. The predicted octanol–water partition coefficient (Wildman–Crippen LogP) is 2.36. The maximum atomic E-state index is 12.1. The van der Waals surface area contributed by atoms with Gasteiger partial charge in [0, 0.05) is 11.8 Å². The largest absolute Gasteiger partial charge is 0.507 e. The minimum absolute atomic E-state index is 0.0564. The molecule has 3 rings (SSSR count). The molecule has 0 aromatic heterocycles. The molecule has 0 radical (unpaired) electrons. The zero-order valence-corrected chi connectivity index (χ0v) is 12.7. The minimum Gasteiger partial charge on any atom is -0.507 e. The van der Waals surface area contributed by atoms with Crippen LogP contribution in [0.25, 0.3) is 10.8 Å². The van der Waals surface area contributed by atoms with Crippen LogP contribution in [0.15, 0.2) is 12.1 Å². The van der Waals surface area contributed by atoms with E-state index in [9.17, 15) is 24.9 Å². The van der Waals surface area contributed by atoms with Gasteiger partial charge in [-0.05, 0) is 42.0 Å². The summed E-state index contributed by atoms with van der Waals surface area (Å²) in [6, 6.07) is 2.89. The van der Waals surface area contributed by atoms with Gasteiger partial charge in [-0.3, -0.25) is 4.79 Å². The number of fused-ring (bicyclic) bond motifs is 2. The Kier molecular flexibility index (Phi) is 3.49. The second kappa shape index (κ2) is 5.24. The fourth-order valence-corrected chi connectivity index (χ4v) is 3.22. The van der Waals surface area contributed by atoms with Crippen LogP contribution in [-0.2, 0) is 4.74 Å². The topological polar surface area (TPSA) is 104 Å². The number of ether oxygens (including phenoxy) is 1. The molecule has 0 aliphatic heterocycles. The van der Waals surface area contributed by atoms with Gasteiger partial charge in [-0.15, -0.1) is 0 Å². The lowest BCUT2D eigenvalue weighted by Crippen LogP contribution is -2.16. The van der Waals surface area contributed by atoms with Gasteiger partial charge in [-0.25, -0.2) is 4.79 Å². The standard InChI is InChI=1S/C17H16O6/c1-7-13-8(6-12(20)14(7)17(22)23-2)5-9-10(18)3-4-11(19)15(9)16(13)21/h5-6,10,18,20-21H,3-4H2,1-2H3/t10-/m1/s1. The fourth-order valence-electron chi connectivity index (χ4n) is 3.22. The van der Waals surface area contributed by atoms with Crippen LogP contribution in [0.1, 0.15) is 50.8 Å². The lowest BCUT2D eigenvalue weighted by atomic mass is 9.84. The van der Waals surface area contributed by atoms with Crippen LogP contribution in [0.4, 0.5) is 0 Å². The van der Waals surface area contributed by atoms with E-state index in [-0.39, 0.29) is 34.8 Å². The van der Waals surface area contributed by atoms with E-state index in [1.165, 1.54) is 13.2 Å². The molecular weight excluding hydrogens is 300 g/mol. The smallest absolute Gasteiger partial charge is 0.341 e. The highest BCUT2D eigenvalue weighted by atomic mass is 16.5. The summed E-state index contributed by atoms with van der Waals surface area (Å²) in [5.74, 6) is -1.54. The summed E-state index contributed by atoms with van der Waals surface area (Å²) < 4.78 is 4.65. The van der Waals surface area contributed by atoms with Crippen LogP contribution in [0.5, 0.6) is 11.5 Å². The van der Waals surface area contributed by atoms with E-state index in [1.54, 1.807) is 13.0 Å². The summed E-state index contributed by atoms with van der Waals surface area (Å²) in [4.78, 5) is 24.0. The molecule has 0 unspecified atom stereocenters. The first-order valence-electron chi connectivity index (χ1n) is 7.18. The van der Waals surface area contributed by atoms with E-state index in [4.69, 9.17) is 0 Å². The Balaban J connectivity index is 2.43. The number of aryl methyl sites for hydroxylation is 1. The number of hydrogen-bond acceptors (Lipinski definition) is 6. The highest BCUT2D eigenvalue weighted by Gasteiger charge is 2.30. The molecule has 120 valence electrons. The Morgan fingerprint density at radius 2 is 2.00 bits per heavy atom. The van der Waals surface area contributed by atoms with Gasteiger partial charge in [0.2, 0.25) is 0 Å². The zero-order chi connectivity index (χ0) is 16.9. The summed E-state index contributed by atoms with van der Waals surface area (Å²) >= 11 is 0. The van der Waals surface area contributed by atoms with Crippen molar-refractivity contribution < 1.29 is 29.6 Å². The Bertz CT molecular complexity index is 852. The number of ketones is 1. The molecule has 3 N–H and O–H groups in total. The molecule has 1 atom stereocenters. The average molecular weight is 316 g/mol. The number of phenols is 2. The van der Waals surface area contributed by atoms with Crippen LogP contribution in [0.2, 0.25) is 0 Å². The van der Waals surface area contributed by atoms with E-state index in [0.717, 1.165) is 0 Å². The molecule has 0 heterocycles. The molecule has 0 saturated heterocycles. The number of aromatic hydroxyl groups is 2. The molecule has 0 amide bonds. The van der Waals surface area contributed by atoms with Crippen molar-refractivity contribution in [2.24, 2.45) is 0 Å². The summed E-state index contributed by atoms with van der Waals surface area (Å²) in [6.07, 6.45) is -0.406. The Labute approximate surface area is 131 Å². The number of rotatable bonds is 1. The monoisotopic (exact) mass is 316 g/mol. The third-order valence-electron chi connectivity index (χ3n) is 4.33. The second-order valence-electron chi connectivity index (χ2n) is 5.65. The number of aliphatic hydroxyl groups excluding tert-OH is 1. The first-order chi connectivity index (χ1) is 10.9. The van der Waals surface area contributed by atoms with E-state index < -0.39 is 12.1 Å². The van der Waals surface area contributed by atoms with E-state index >= 15 is 0 Å². The van der Waals surface area contributed by atoms with Crippen LogP contribution < -0.4 is 0 Å². The first-order valence-corrected chi connectivity index (χ1v) is 7.18. The minimum atomic E-state index is -0.847. The van der Waals surface area contributed by atoms with Crippen molar-refractivity contribution in [1.82, 2.24) is 0 Å². The third kappa shape index (κ3) is 2.14. The molecule has 6 heteroatoms. The molecule has 2 aromatic rings. The summed E-state index contributed by atoms with van der Waals surface area (Å²) in [5.41, 5.74) is 0.691. The normalized spacial score (nSPS) is 17.2. The average Bonchev–Trinajstić information content (AvgIpc) is 2.50. The molecule has 23 heavy (non-hydrogen) atoms. The number of phenolic OH excluding ortho intramolecular Hbond substituents is 2. The molecule has 0 spiro atoms. The van der Waals surface area contributed by atoms with Crippen LogP contribution in [0, 0.1) is 6.92 Å². The number of hydrogen-bond donors (Lipinski definition) is 3. The van der Waals surface area contributed by atoms with E-state index in [2.05, 4.69) is 4.74 Å². The van der Waals surface area contributed by atoms with Gasteiger partial charge >= 0.3 is 5.97 Å². The lowest BCUT2D eigenvalue weighted by molar-refractivity contribution is 0.0596. The van der Waals surface area contributed by atoms with Gasteiger partial charge in [0.1, 0.15) is 17.1 Å². The van der Waals surface area contributed by atoms with Crippen molar-refractivity contribution in [2.75, 3.05) is 7.11 Å². The number of methoxy groups -OCH3 is 1. The van der Waals surface area contributed by atoms with Gasteiger partial charge in [0.15, 0.2) is 5.78 Å². The number of Topliss-reactive ketones (excluding diaryl/α,β-unsaturated/α-hetero) is 1. The van der Waals surface area contributed by atoms with Crippen LogP contribution >= 0.6 is 0 Å². The summed E-state index contributed by atoms with van der Waals surface area (Å²) in [5, 5.41) is 31.5. The highest BCUT2D eigenvalue weighted by molar-refractivity contribution is 6.10. The Morgan fingerprint density at radius 1 is 1.30 bits per heavy atom. The molecule has 0 saturated carbocycles. The van der Waals surface area contributed by atoms with Crippen molar-refractivity contribution >= 4 is 22.5 Å². The molecule has 6 nitrogen and oxygen atoms in total. The number of carbonyl (C=O) groups is 2. The first kappa shape index (κ1) is 15.3. The van der Waals surface area contributed by atoms with Gasteiger partial charge in [0.25, 0.3) is 0 Å².